The predicted molar refractivity (Wildman–Crippen MR) is 71.7 cm³/mol. The number of hydrogen-bond donors (Lipinski definition) is 2. The Morgan fingerprint density at radius 2 is 1.95 bits per heavy atom. The summed E-state index contributed by atoms with van der Waals surface area (Å²) in [6.07, 6.45) is 0. The van der Waals surface area contributed by atoms with Crippen LogP contribution in [0.25, 0.3) is 0 Å². The Labute approximate surface area is 119 Å². The van der Waals surface area contributed by atoms with E-state index in [0.717, 1.165) is 0 Å². The van der Waals surface area contributed by atoms with E-state index in [0.29, 0.717) is 11.3 Å². The van der Waals surface area contributed by atoms with Crippen molar-refractivity contribution in [2.24, 2.45) is 0 Å². The van der Waals surface area contributed by atoms with Crippen LogP contribution in [0.1, 0.15) is 5.56 Å². The van der Waals surface area contributed by atoms with Crippen molar-refractivity contribution in [3.63, 3.8) is 0 Å². The zero-order chi connectivity index (χ0) is 14.8. The predicted octanol–water partition coefficient (Wildman–Crippen LogP) is -0.380. The molecule has 2 N–H and O–H groups in total. The second-order valence-corrected chi connectivity index (χ2v) is 7.07. The van der Waals surface area contributed by atoms with Gasteiger partial charge >= 0.3 is 5.97 Å². The Morgan fingerprint density at radius 3 is 2.76 bits per heavy atom. The van der Waals surface area contributed by atoms with E-state index in [1.165, 1.54) is 0 Å². The molecule has 0 saturated heterocycles. The van der Waals surface area contributed by atoms with Crippen LogP contribution in [-0.4, -0.2) is 32.6 Å². The summed E-state index contributed by atoms with van der Waals surface area (Å²) in [5, 5.41) is 5.31. The van der Waals surface area contributed by atoms with Crippen LogP contribution in [0.5, 0.6) is 0 Å². The molecule has 1 atom stereocenters. The number of benzene rings is 1. The molecule has 0 unspecified atom stereocenters. The quantitative estimate of drug-likeness (QED) is 0.634. The maximum absolute atomic E-state index is 12.4. The Morgan fingerprint density at radius 1 is 1.19 bits per heavy atom. The molecular formula is C13H10N2O5S. The first-order valence-electron chi connectivity index (χ1n) is 6.32. The highest BCUT2D eigenvalue weighted by molar-refractivity contribution is 7.95. The summed E-state index contributed by atoms with van der Waals surface area (Å²) in [6, 6.07) is 6.59. The third-order valence-electron chi connectivity index (χ3n) is 3.85. The number of amides is 1. The fourth-order valence-corrected chi connectivity index (χ4v) is 4.73. The van der Waals surface area contributed by atoms with Crippen LogP contribution in [0.2, 0.25) is 0 Å². The summed E-state index contributed by atoms with van der Waals surface area (Å²) in [7, 11) is -3.75. The number of rotatable bonds is 0. The molecule has 1 aromatic carbocycles. The molecule has 0 aliphatic carbocycles. The minimum Gasteiger partial charge on any atom is -0.433 e. The third kappa shape index (κ3) is 1.35. The van der Waals surface area contributed by atoms with Crippen LogP contribution < -0.4 is 10.6 Å². The summed E-state index contributed by atoms with van der Waals surface area (Å²) in [5.74, 6) is -1.66. The van der Waals surface area contributed by atoms with Crippen molar-refractivity contribution < 1.29 is 22.7 Å². The van der Waals surface area contributed by atoms with Gasteiger partial charge in [0.1, 0.15) is 10.6 Å². The van der Waals surface area contributed by atoms with Gasteiger partial charge in [0, 0.05) is 17.8 Å². The normalized spacial score (nSPS) is 28.8. The number of fused-ring (bicyclic) bond motifs is 3. The van der Waals surface area contributed by atoms with Crippen molar-refractivity contribution in [1.82, 2.24) is 5.32 Å². The lowest BCUT2D eigenvalue weighted by Gasteiger charge is -2.25. The van der Waals surface area contributed by atoms with E-state index in [-0.39, 0.29) is 22.9 Å². The van der Waals surface area contributed by atoms with Crippen LogP contribution in [0.15, 0.2) is 34.9 Å². The van der Waals surface area contributed by atoms with E-state index in [1.54, 1.807) is 24.3 Å². The summed E-state index contributed by atoms with van der Waals surface area (Å²) in [5.41, 5.74) is -1.23. The molecule has 1 amide bonds. The first kappa shape index (κ1) is 12.4. The third-order valence-corrected chi connectivity index (χ3v) is 5.71. The molecule has 7 nitrogen and oxygen atoms in total. The Kier molecular flexibility index (Phi) is 2.15. The lowest BCUT2D eigenvalue weighted by molar-refractivity contribution is -0.154. The highest BCUT2D eigenvalue weighted by Crippen LogP contribution is 2.50. The van der Waals surface area contributed by atoms with Crippen LogP contribution >= 0.6 is 0 Å². The van der Waals surface area contributed by atoms with Crippen LogP contribution in [-0.2, 0) is 29.8 Å². The molecule has 8 heteroatoms. The second kappa shape index (κ2) is 3.64. The lowest BCUT2D eigenvalue weighted by Crippen LogP contribution is -2.42. The SMILES string of the molecule is O=C1O[C@]2(C(=O)Nc3ccccc32)C2=C1NCCS2(=O)=O. The second-order valence-electron chi connectivity index (χ2n) is 5.02. The number of sulfone groups is 1. The fourth-order valence-electron chi connectivity index (χ4n) is 3.00. The number of hydrogen-bond acceptors (Lipinski definition) is 6. The summed E-state index contributed by atoms with van der Waals surface area (Å²) in [4.78, 5) is 24.2. The first-order chi connectivity index (χ1) is 9.97. The number of esters is 1. The van der Waals surface area contributed by atoms with Gasteiger partial charge in [-0.2, -0.15) is 0 Å². The maximum Gasteiger partial charge on any atom is 0.357 e. The monoisotopic (exact) mass is 306 g/mol. The molecule has 3 aliphatic rings. The molecule has 21 heavy (non-hydrogen) atoms. The van der Waals surface area contributed by atoms with E-state index in [4.69, 9.17) is 4.74 Å². The van der Waals surface area contributed by atoms with Gasteiger partial charge in [0.05, 0.1) is 5.75 Å². The molecular weight excluding hydrogens is 296 g/mol. The summed E-state index contributed by atoms with van der Waals surface area (Å²) in [6.45, 7) is 0.121. The fraction of sp³-hybridized carbons (Fsp3) is 0.231. The molecule has 0 fully saturated rings. The van der Waals surface area contributed by atoms with Crippen molar-refractivity contribution in [1.29, 1.82) is 0 Å². The highest BCUT2D eigenvalue weighted by atomic mass is 32.2. The van der Waals surface area contributed by atoms with Crippen molar-refractivity contribution >= 4 is 27.4 Å². The van der Waals surface area contributed by atoms with Gasteiger partial charge in [0.15, 0.2) is 9.84 Å². The van der Waals surface area contributed by atoms with E-state index < -0.39 is 27.3 Å². The Balaban J connectivity index is 2.08. The average molecular weight is 306 g/mol. The van der Waals surface area contributed by atoms with Crippen LogP contribution in [0, 0.1) is 0 Å². The number of anilines is 1. The van der Waals surface area contributed by atoms with Gasteiger partial charge in [0.25, 0.3) is 11.5 Å². The smallest absolute Gasteiger partial charge is 0.357 e. The lowest BCUT2D eigenvalue weighted by atomic mass is 9.95. The minimum absolute atomic E-state index is 0.121. The number of nitrogens with one attached hydrogen (secondary N) is 2. The van der Waals surface area contributed by atoms with Crippen molar-refractivity contribution in [2.45, 2.75) is 5.60 Å². The molecule has 3 aliphatic heterocycles. The Hall–Kier alpha value is -2.35. The number of ether oxygens (including phenoxy) is 1. The van der Waals surface area contributed by atoms with Gasteiger partial charge in [-0.1, -0.05) is 18.2 Å². The molecule has 1 aromatic rings. The molecule has 4 rings (SSSR count). The van der Waals surface area contributed by atoms with Gasteiger partial charge in [-0.3, -0.25) is 4.79 Å². The van der Waals surface area contributed by atoms with Gasteiger partial charge in [0.2, 0.25) is 0 Å². The number of carbonyl (C=O) groups excluding carboxylic acids is 2. The summed E-state index contributed by atoms with van der Waals surface area (Å²) < 4.78 is 30.1. The van der Waals surface area contributed by atoms with Crippen molar-refractivity contribution in [3.8, 4) is 0 Å². The van der Waals surface area contributed by atoms with Gasteiger partial charge in [-0.05, 0) is 6.07 Å². The molecule has 0 bridgehead atoms. The molecule has 0 radical (unpaired) electrons. The average Bonchev–Trinajstić information content (AvgIpc) is 2.88. The van der Waals surface area contributed by atoms with Crippen LogP contribution in [0.3, 0.4) is 0 Å². The summed E-state index contributed by atoms with van der Waals surface area (Å²) >= 11 is 0. The van der Waals surface area contributed by atoms with E-state index in [2.05, 4.69) is 10.6 Å². The van der Waals surface area contributed by atoms with Crippen molar-refractivity contribution in [2.75, 3.05) is 17.6 Å². The molecule has 0 aromatic heterocycles. The zero-order valence-electron chi connectivity index (χ0n) is 10.7. The maximum atomic E-state index is 12.4. The molecule has 108 valence electrons. The zero-order valence-corrected chi connectivity index (χ0v) is 11.5. The van der Waals surface area contributed by atoms with Gasteiger partial charge < -0.3 is 15.4 Å². The highest BCUT2D eigenvalue weighted by Gasteiger charge is 2.63. The largest absolute Gasteiger partial charge is 0.433 e. The van der Waals surface area contributed by atoms with Crippen molar-refractivity contribution in [3.05, 3.63) is 40.4 Å². The van der Waals surface area contributed by atoms with Gasteiger partial charge in [-0.15, -0.1) is 0 Å². The molecule has 1 spiro atoms. The standard InChI is InChI=1S/C13H10N2O5S/c16-11-9-10(21(18,19)6-5-14-9)13(20-11)7-3-1-2-4-8(7)15-12(13)17/h1-4,14H,5-6H2,(H,15,17)/t13-/m0/s1. The number of para-hydroxylation sites is 1. The topological polar surface area (TPSA) is 102 Å². The molecule has 3 heterocycles. The van der Waals surface area contributed by atoms with E-state index in [1.807, 2.05) is 0 Å². The minimum atomic E-state index is -3.75. The number of carbonyl (C=O) groups is 2. The van der Waals surface area contributed by atoms with E-state index >= 15 is 0 Å². The van der Waals surface area contributed by atoms with Gasteiger partial charge in [-0.25, -0.2) is 13.2 Å². The van der Waals surface area contributed by atoms with Crippen LogP contribution in [0.4, 0.5) is 5.69 Å². The molecule has 0 saturated carbocycles. The van der Waals surface area contributed by atoms with E-state index in [9.17, 15) is 18.0 Å². The Bertz CT molecular complexity index is 842. The first-order valence-corrected chi connectivity index (χ1v) is 7.98.